The summed E-state index contributed by atoms with van der Waals surface area (Å²) in [5.41, 5.74) is 16.2. The number of benzene rings is 1. The van der Waals surface area contributed by atoms with Crippen molar-refractivity contribution in [1.29, 1.82) is 0 Å². The summed E-state index contributed by atoms with van der Waals surface area (Å²) in [6.45, 7) is 0. The van der Waals surface area contributed by atoms with Gasteiger partial charge in [-0.1, -0.05) is 12.1 Å². The Hall–Kier alpha value is -3.67. The Kier molecular flexibility index (Phi) is 9.23. The molecule has 30 heavy (non-hydrogen) atoms. The molecule has 164 valence electrons. The highest BCUT2D eigenvalue weighted by Gasteiger charge is 2.28. The van der Waals surface area contributed by atoms with Gasteiger partial charge in [0.05, 0.1) is 12.5 Å². The zero-order valence-electron chi connectivity index (χ0n) is 16.0. The van der Waals surface area contributed by atoms with E-state index in [-0.39, 0.29) is 25.0 Å². The van der Waals surface area contributed by atoms with Crippen molar-refractivity contribution in [2.75, 3.05) is 0 Å². The number of nitrogens with two attached hydrogens (primary N) is 3. The van der Waals surface area contributed by atoms with Crippen molar-refractivity contribution in [3.05, 3.63) is 29.8 Å². The van der Waals surface area contributed by atoms with Gasteiger partial charge in [0, 0.05) is 12.8 Å². The van der Waals surface area contributed by atoms with Gasteiger partial charge in [0.25, 0.3) is 0 Å². The number of aliphatic carboxylic acids is 1. The van der Waals surface area contributed by atoms with Crippen LogP contribution < -0.4 is 27.8 Å². The fourth-order valence-corrected chi connectivity index (χ4v) is 2.48. The molecule has 0 aliphatic rings. The first-order chi connectivity index (χ1) is 14.0. The average Bonchev–Trinajstić information content (AvgIpc) is 2.64. The number of hydrogen-bond acceptors (Lipinski definition) is 7. The number of rotatable bonds is 12. The van der Waals surface area contributed by atoms with E-state index in [0.29, 0.717) is 5.56 Å². The van der Waals surface area contributed by atoms with E-state index >= 15 is 0 Å². The van der Waals surface area contributed by atoms with Gasteiger partial charge < -0.3 is 38.0 Å². The number of nitrogens with one attached hydrogen (secondary N) is 2. The maximum atomic E-state index is 12.7. The molecule has 0 saturated heterocycles. The fourth-order valence-electron chi connectivity index (χ4n) is 2.48. The Morgan fingerprint density at radius 3 is 1.97 bits per heavy atom. The average molecular weight is 423 g/mol. The van der Waals surface area contributed by atoms with Crippen LogP contribution in [0.3, 0.4) is 0 Å². The second kappa shape index (κ2) is 11.4. The lowest BCUT2D eigenvalue weighted by Crippen LogP contribution is -2.55. The minimum atomic E-state index is -1.41. The predicted octanol–water partition coefficient (Wildman–Crippen LogP) is -2.54. The minimum Gasteiger partial charge on any atom is -0.508 e. The number of carboxylic acid groups (broad SMARTS) is 1. The summed E-state index contributed by atoms with van der Waals surface area (Å²) in [5.74, 6) is -4.62. The minimum absolute atomic E-state index is 0.00957. The SMILES string of the molecule is NC(=O)CCC(NC(=O)C(Cc1ccc(O)cc1)NC(=O)C(N)CC(N)=O)C(=O)O. The number of carbonyl (C=O) groups excluding carboxylic acids is 4. The Labute approximate surface area is 171 Å². The Bertz CT molecular complexity index is 797. The second-order valence-corrected chi connectivity index (χ2v) is 6.61. The summed E-state index contributed by atoms with van der Waals surface area (Å²) in [4.78, 5) is 58.1. The Morgan fingerprint density at radius 1 is 0.900 bits per heavy atom. The first-order valence-corrected chi connectivity index (χ1v) is 8.93. The molecule has 3 atom stereocenters. The molecule has 0 aliphatic heterocycles. The molecule has 0 fully saturated rings. The Morgan fingerprint density at radius 2 is 1.47 bits per heavy atom. The molecule has 0 radical (unpaired) electrons. The van der Waals surface area contributed by atoms with Gasteiger partial charge in [-0.25, -0.2) is 4.79 Å². The highest BCUT2D eigenvalue weighted by atomic mass is 16.4. The third kappa shape index (κ3) is 8.56. The standard InChI is InChI=1S/C18H25N5O7/c19-11(8-15(21)26)16(27)23-13(7-9-1-3-10(24)4-2-9)17(28)22-12(18(29)30)5-6-14(20)25/h1-4,11-13,24H,5-8,19H2,(H2,20,25)(H2,21,26)(H,22,28)(H,23,27)(H,29,30). The molecule has 1 aromatic carbocycles. The molecule has 12 nitrogen and oxygen atoms in total. The van der Waals surface area contributed by atoms with E-state index < -0.39 is 54.1 Å². The zero-order chi connectivity index (χ0) is 22.8. The Balaban J connectivity index is 2.98. The molecule has 0 aliphatic carbocycles. The second-order valence-electron chi connectivity index (χ2n) is 6.61. The molecule has 3 unspecified atom stereocenters. The monoisotopic (exact) mass is 423 g/mol. The van der Waals surface area contributed by atoms with Crippen LogP contribution in [0.15, 0.2) is 24.3 Å². The molecule has 0 spiro atoms. The van der Waals surface area contributed by atoms with Crippen LogP contribution in [-0.2, 0) is 30.4 Å². The van der Waals surface area contributed by atoms with Crippen molar-refractivity contribution in [1.82, 2.24) is 10.6 Å². The number of primary amides is 2. The van der Waals surface area contributed by atoms with Crippen molar-refractivity contribution >= 4 is 29.6 Å². The molecule has 1 rings (SSSR count). The van der Waals surface area contributed by atoms with Crippen molar-refractivity contribution in [3.63, 3.8) is 0 Å². The van der Waals surface area contributed by atoms with Crippen LogP contribution in [0, 0.1) is 0 Å². The molecule has 4 amide bonds. The summed E-state index contributed by atoms with van der Waals surface area (Å²) in [7, 11) is 0. The van der Waals surface area contributed by atoms with Crippen LogP contribution in [0.2, 0.25) is 0 Å². The van der Waals surface area contributed by atoms with E-state index in [1.54, 1.807) is 0 Å². The molecule has 12 heteroatoms. The summed E-state index contributed by atoms with van der Waals surface area (Å²) in [6.07, 6.45) is -1.02. The number of phenols is 1. The number of aromatic hydroxyl groups is 1. The molecule has 1 aromatic rings. The third-order valence-electron chi connectivity index (χ3n) is 4.06. The van der Waals surface area contributed by atoms with Gasteiger partial charge in [0.2, 0.25) is 23.6 Å². The van der Waals surface area contributed by atoms with Crippen LogP contribution in [0.4, 0.5) is 0 Å². The number of phenolic OH excluding ortho intramolecular Hbond substituents is 1. The largest absolute Gasteiger partial charge is 0.508 e. The lowest BCUT2D eigenvalue weighted by Gasteiger charge is -2.23. The van der Waals surface area contributed by atoms with Crippen LogP contribution in [0.25, 0.3) is 0 Å². The van der Waals surface area contributed by atoms with Crippen molar-refractivity contribution in [2.45, 2.75) is 43.8 Å². The van der Waals surface area contributed by atoms with Gasteiger partial charge >= 0.3 is 5.97 Å². The van der Waals surface area contributed by atoms with Gasteiger partial charge in [-0.2, -0.15) is 0 Å². The summed E-state index contributed by atoms with van der Waals surface area (Å²) < 4.78 is 0. The molecular formula is C18H25N5O7. The van der Waals surface area contributed by atoms with E-state index in [0.717, 1.165) is 0 Å². The topological polar surface area (TPSA) is 228 Å². The van der Waals surface area contributed by atoms with Crippen molar-refractivity contribution in [2.24, 2.45) is 17.2 Å². The maximum Gasteiger partial charge on any atom is 0.326 e. The molecule has 0 bridgehead atoms. The lowest BCUT2D eigenvalue weighted by molar-refractivity contribution is -0.142. The molecule has 10 N–H and O–H groups in total. The summed E-state index contributed by atoms with van der Waals surface area (Å²) >= 11 is 0. The molecule has 0 heterocycles. The first-order valence-electron chi connectivity index (χ1n) is 8.93. The smallest absolute Gasteiger partial charge is 0.326 e. The first kappa shape index (κ1) is 24.4. The van der Waals surface area contributed by atoms with Gasteiger partial charge in [-0.05, 0) is 24.1 Å². The van der Waals surface area contributed by atoms with Crippen molar-refractivity contribution in [3.8, 4) is 5.75 Å². The number of hydrogen-bond donors (Lipinski definition) is 7. The van der Waals surface area contributed by atoms with Crippen LogP contribution >= 0.6 is 0 Å². The fraction of sp³-hybridized carbons (Fsp3) is 0.389. The summed E-state index contributed by atoms with van der Waals surface area (Å²) in [5, 5.41) is 23.2. The zero-order valence-corrected chi connectivity index (χ0v) is 16.0. The van der Waals surface area contributed by atoms with Gasteiger partial charge in [-0.3, -0.25) is 19.2 Å². The van der Waals surface area contributed by atoms with Gasteiger partial charge in [0.15, 0.2) is 0 Å². The lowest BCUT2D eigenvalue weighted by atomic mass is 10.0. The van der Waals surface area contributed by atoms with E-state index in [9.17, 15) is 34.2 Å². The number of carbonyl (C=O) groups is 5. The van der Waals surface area contributed by atoms with Crippen molar-refractivity contribution < 1.29 is 34.2 Å². The highest BCUT2D eigenvalue weighted by Crippen LogP contribution is 2.12. The normalized spacial score (nSPS) is 13.5. The van der Waals surface area contributed by atoms with E-state index in [1.165, 1.54) is 24.3 Å². The number of amides is 4. The van der Waals surface area contributed by atoms with E-state index in [1.807, 2.05) is 0 Å². The van der Waals surface area contributed by atoms with E-state index in [4.69, 9.17) is 17.2 Å². The van der Waals surface area contributed by atoms with Gasteiger partial charge in [-0.15, -0.1) is 0 Å². The van der Waals surface area contributed by atoms with E-state index in [2.05, 4.69) is 10.6 Å². The van der Waals surface area contributed by atoms with Crippen LogP contribution in [-0.4, -0.2) is 57.9 Å². The quantitative estimate of drug-likeness (QED) is 0.189. The molecule has 0 aromatic heterocycles. The highest BCUT2D eigenvalue weighted by molar-refractivity contribution is 5.93. The summed E-state index contributed by atoms with van der Waals surface area (Å²) in [6, 6.07) is 1.79. The van der Waals surface area contributed by atoms with Crippen LogP contribution in [0.5, 0.6) is 5.75 Å². The van der Waals surface area contributed by atoms with Gasteiger partial charge in [0.1, 0.15) is 17.8 Å². The van der Waals surface area contributed by atoms with Crippen LogP contribution in [0.1, 0.15) is 24.8 Å². The maximum absolute atomic E-state index is 12.7. The molecule has 0 saturated carbocycles. The number of carboxylic acids is 1. The predicted molar refractivity (Wildman–Crippen MR) is 104 cm³/mol. The molecular weight excluding hydrogens is 398 g/mol. The third-order valence-corrected chi connectivity index (χ3v) is 4.06.